The smallest absolute Gasteiger partial charge is 0.229 e. The molecule has 2 amide bonds. The quantitative estimate of drug-likeness (QED) is 0.864. The Morgan fingerprint density at radius 2 is 2.15 bits per heavy atom. The van der Waals surface area contributed by atoms with Crippen LogP contribution in [0.1, 0.15) is 51.3 Å². The fraction of sp³-hybridized carbons (Fsp3) is 0.450. The molecule has 0 saturated heterocycles. The molecule has 0 fully saturated rings. The predicted molar refractivity (Wildman–Crippen MR) is 104 cm³/mol. The van der Waals surface area contributed by atoms with Crippen molar-refractivity contribution in [2.45, 2.75) is 46.6 Å². The molecule has 1 aliphatic rings. The lowest BCUT2D eigenvalue weighted by Gasteiger charge is -2.27. The van der Waals surface area contributed by atoms with Crippen molar-refractivity contribution in [1.82, 2.24) is 9.55 Å². The third kappa shape index (κ3) is 3.82. The van der Waals surface area contributed by atoms with Gasteiger partial charge in [-0.1, -0.05) is 20.8 Å². The van der Waals surface area contributed by atoms with E-state index in [1.165, 1.54) is 0 Å². The maximum Gasteiger partial charge on any atom is 0.229 e. The molecular weight excluding hydrogens is 344 g/mol. The van der Waals surface area contributed by atoms with Crippen molar-refractivity contribution < 1.29 is 14.3 Å². The van der Waals surface area contributed by atoms with Crippen molar-refractivity contribution in [1.29, 1.82) is 0 Å². The highest BCUT2D eigenvalue weighted by Crippen LogP contribution is 2.42. The number of aromatic nitrogens is 2. The fourth-order valence-electron chi connectivity index (χ4n) is 3.06. The number of nitrogens with one attached hydrogen (secondary N) is 2. The van der Waals surface area contributed by atoms with Gasteiger partial charge in [0.05, 0.1) is 24.8 Å². The molecule has 1 atom stereocenters. The summed E-state index contributed by atoms with van der Waals surface area (Å²) in [4.78, 5) is 29.2. The van der Waals surface area contributed by atoms with Gasteiger partial charge < -0.3 is 19.9 Å². The summed E-state index contributed by atoms with van der Waals surface area (Å²) >= 11 is 0. The minimum absolute atomic E-state index is 0.0629. The zero-order valence-corrected chi connectivity index (χ0v) is 16.4. The van der Waals surface area contributed by atoms with Gasteiger partial charge in [0.1, 0.15) is 5.75 Å². The molecule has 7 heteroatoms. The summed E-state index contributed by atoms with van der Waals surface area (Å²) < 4.78 is 7.42. The maximum absolute atomic E-state index is 12.5. The van der Waals surface area contributed by atoms with E-state index in [0.29, 0.717) is 23.5 Å². The number of ether oxygens (including phenoxy) is 1. The van der Waals surface area contributed by atoms with Gasteiger partial charge in [-0.15, -0.1) is 0 Å². The number of aryl methyl sites for hydroxylation is 1. The van der Waals surface area contributed by atoms with Crippen molar-refractivity contribution in [2.75, 3.05) is 17.7 Å². The van der Waals surface area contributed by atoms with E-state index in [1.807, 2.05) is 44.5 Å². The van der Waals surface area contributed by atoms with E-state index >= 15 is 0 Å². The van der Waals surface area contributed by atoms with Crippen LogP contribution in [0.3, 0.4) is 0 Å². The van der Waals surface area contributed by atoms with Crippen LogP contribution in [0.25, 0.3) is 0 Å². The summed E-state index contributed by atoms with van der Waals surface area (Å²) in [7, 11) is 1.54. The zero-order valence-electron chi connectivity index (χ0n) is 16.4. The molecular formula is C20H26N4O3. The Morgan fingerprint density at radius 1 is 1.41 bits per heavy atom. The van der Waals surface area contributed by atoms with Gasteiger partial charge in [-0.05, 0) is 18.6 Å². The van der Waals surface area contributed by atoms with Crippen LogP contribution in [0.5, 0.6) is 5.75 Å². The molecule has 144 valence electrons. The second-order valence-corrected chi connectivity index (χ2v) is 7.78. The summed E-state index contributed by atoms with van der Waals surface area (Å²) in [5.74, 6) is 0.170. The van der Waals surface area contributed by atoms with Crippen LogP contribution >= 0.6 is 0 Å². The first-order chi connectivity index (χ1) is 12.7. The van der Waals surface area contributed by atoms with E-state index < -0.39 is 5.41 Å². The van der Waals surface area contributed by atoms with Crippen LogP contribution in [-0.4, -0.2) is 28.5 Å². The van der Waals surface area contributed by atoms with Crippen LogP contribution in [0, 0.1) is 5.41 Å². The second kappa shape index (κ2) is 7.06. The average Bonchev–Trinajstić information content (AvgIpc) is 3.09. The number of rotatable bonds is 4. The number of hydrogen-bond donors (Lipinski definition) is 2. The van der Waals surface area contributed by atoms with E-state index in [-0.39, 0.29) is 17.7 Å². The Morgan fingerprint density at radius 3 is 2.74 bits per heavy atom. The monoisotopic (exact) mass is 370 g/mol. The molecule has 0 spiro atoms. The van der Waals surface area contributed by atoms with E-state index in [2.05, 4.69) is 15.6 Å². The summed E-state index contributed by atoms with van der Waals surface area (Å²) in [5.41, 5.74) is 2.50. The summed E-state index contributed by atoms with van der Waals surface area (Å²) in [5, 5.41) is 5.85. The van der Waals surface area contributed by atoms with Crippen molar-refractivity contribution in [3.8, 4) is 5.75 Å². The molecule has 1 aromatic heterocycles. The standard InChI is InChI=1S/C20H26N4O3/c1-6-24-10-16(21-11-24)13-8-18(25)22-14-9-17(27-5)15(7-12(13)14)23-19(26)20(2,3)4/h7,9-11,13H,6,8H2,1-5H3,(H,22,25)(H,23,26). The lowest BCUT2D eigenvalue weighted by atomic mass is 9.87. The number of methoxy groups -OCH3 is 1. The van der Waals surface area contributed by atoms with Crippen LogP contribution in [0.15, 0.2) is 24.7 Å². The highest BCUT2D eigenvalue weighted by molar-refractivity contribution is 5.99. The second-order valence-electron chi connectivity index (χ2n) is 7.78. The highest BCUT2D eigenvalue weighted by atomic mass is 16.5. The Bertz CT molecular complexity index is 880. The van der Waals surface area contributed by atoms with Gasteiger partial charge in [-0.3, -0.25) is 9.59 Å². The molecule has 2 heterocycles. The Hall–Kier alpha value is -2.83. The lowest BCUT2D eigenvalue weighted by Crippen LogP contribution is -2.28. The Labute approximate surface area is 159 Å². The molecule has 3 rings (SSSR count). The van der Waals surface area contributed by atoms with Crippen LogP contribution in [0.4, 0.5) is 11.4 Å². The molecule has 1 aromatic carbocycles. The number of fused-ring (bicyclic) bond motifs is 1. The first-order valence-electron chi connectivity index (χ1n) is 9.07. The van der Waals surface area contributed by atoms with Crippen molar-refractivity contribution in [3.05, 3.63) is 35.9 Å². The summed E-state index contributed by atoms with van der Waals surface area (Å²) in [6, 6.07) is 3.64. The number of anilines is 2. The number of hydrogen-bond acceptors (Lipinski definition) is 4. The number of nitrogens with zero attached hydrogens (tertiary/aromatic N) is 2. The predicted octanol–water partition coefficient (Wildman–Crippen LogP) is 3.37. The molecule has 27 heavy (non-hydrogen) atoms. The van der Waals surface area contributed by atoms with E-state index in [0.717, 1.165) is 17.8 Å². The van der Waals surface area contributed by atoms with Gasteiger partial charge in [0, 0.05) is 42.2 Å². The van der Waals surface area contributed by atoms with Gasteiger partial charge in [0.15, 0.2) is 0 Å². The van der Waals surface area contributed by atoms with E-state index in [9.17, 15) is 9.59 Å². The SMILES string of the molecule is CCn1cnc(C2CC(=O)Nc3cc(OC)c(NC(=O)C(C)(C)C)cc32)c1. The van der Waals surface area contributed by atoms with Gasteiger partial charge in [0.2, 0.25) is 11.8 Å². The normalized spacial score (nSPS) is 16.5. The molecule has 1 aliphatic heterocycles. The maximum atomic E-state index is 12.5. The first-order valence-corrected chi connectivity index (χ1v) is 9.07. The van der Waals surface area contributed by atoms with Gasteiger partial charge in [-0.25, -0.2) is 4.98 Å². The fourth-order valence-corrected chi connectivity index (χ4v) is 3.06. The van der Waals surface area contributed by atoms with Crippen LogP contribution in [-0.2, 0) is 16.1 Å². The summed E-state index contributed by atoms with van der Waals surface area (Å²) in [6.07, 6.45) is 4.05. The molecule has 0 saturated carbocycles. The van der Waals surface area contributed by atoms with E-state index in [4.69, 9.17) is 4.74 Å². The average molecular weight is 370 g/mol. The largest absolute Gasteiger partial charge is 0.494 e. The Balaban J connectivity index is 2.05. The molecule has 0 bridgehead atoms. The molecule has 0 aliphatic carbocycles. The van der Waals surface area contributed by atoms with Gasteiger partial charge in [0.25, 0.3) is 0 Å². The number of imidazole rings is 1. The minimum Gasteiger partial charge on any atom is -0.494 e. The third-order valence-electron chi connectivity index (χ3n) is 4.72. The van der Waals surface area contributed by atoms with Crippen LogP contribution in [0.2, 0.25) is 0 Å². The van der Waals surface area contributed by atoms with Gasteiger partial charge >= 0.3 is 0 Å². The van der Waals surface area contributed by atoms with E-state index in [1.54, 1.807) is 19.5 Å². The first kappa shape index (κ1) is 18.9. The van der Waals surface area contributed by atoms with Crippen molar-refractivity contribution in [3.63, 3.8) is 0 Å². The number of benzene rings is 1. The molecule has 0 radical (unpaired) electrons. The number of amides is 2. The topological polar surface area (TPSA) is 85.2 Å². The highest BCUT2D eigenvalue weighted by Gasteiger charge is 2.30. The molecule has 2 aromatic rings. The minimum atomic E-state index is -0.533. The number of carbonyl (C=O) groups is 2. The number of carbonyl (C=O) groups excluding carboxylic acids is 2. The lowest BCUT2D eigenvalue weighted by molar-refractivity contribution is -0.123. The zero-order chi connectivity index (χ0) is 19.8. The van der Waals surface area contributed by atoms with Gasteiger partial charge in [-0.2, -0.15) is 0 Å². The Kier molecular flexibility index (Phi) is 4.95. The molecule has 7 nitrogen and oxygen atoms in total. The molecule has 1 unspecified atom stereocenters. The van der Waals surface area contributed by atoms with Crippen molar-refractivity contribution in [2.24, 2.45) is 5.41 Å². The summed E-state index contributed by atoms with van der Waals surface area (Å²) in [6.45, 7) is 8.42. The van der Waals surface area contributed by atoms with Crippen molar-refractivity contribution >= 4 is 23.2 Å². The molecule has 2 N–H and O–H groups in total. The third-order valence-corrected chi connectivity index (χ3v) is 4.72. The van der Waals surface area contributed by atoms with Crippen LogP contribution < -0.4 is 15.4 Å².